The first-order valence-electron chi connectivity index (χ1n) is 13.5. The van der Waals surface area contributed by atoms with E-state index in [4.69, 9.17) is 15.2 Å². The number of nitrogens with two attached hydrogens (primary N) is 1. The number of carbonyl (C=O) groups excluding carboxylic acids is 5. The Labute approximate surface area is 236 Å². The molecule has 0 aliphatic carbocycles. The number of carbonyl (C=O) groups is 5. The highest BCUT2D eigenvalue weighted by atomic mass is 16.6. The molecule has 4 N–H and O–H groups in total. The molecule has 0 spiro atoms. The van der Waals surface area contributed by atoms with Crippen LogP contribution in [0.1, 0.15) is 84.4 Å². The first kappa shape index (κ1) is 34.1. The summed E-state index contributed by atoms with van der Waals surface area (Å²) in [6.45, 7) is 14.4. The Morgan fingerprint density at radius 2 is 1.80 bits per heavy atom. The van der Waals surface area contributed by atoms with Gasteiger partial charge in [0.15, 0.2) is 0 Å². The van der Waals surface area contributed by atoms with E-state index in [1.54, 1.807) is 65.0 Å². The van der Waals surface area contributed by atoms with Gasteiger partial charge in [0.1, 0.15) is 17.7 Å². The van der Waals surface area contributed by atoms with Gasteiger partial charge in [-0.25, -0.2) is 4.79 Å². The van der Waals surface area contributed by atoms with Gasteiger partial charge < -0.3 is 30.7 Å². The lowest BCUT2D eigenvalue weighted by Crippen LogP contribution is -2.55. The zero-order valence-electron chi connectivity index (χ0n) is 24.5. The van der Waals surface area contributed by atoms with Crippen LogP contribution in [0.4, 0.5) is 4.79 Å². The van der Waals surface area contributed by atoms with Crippen LogP contribution in [0.3, 0.4) is 0 Å². The Hall–Kier alpha value is -3.89. The van der Waals surface area contributed by atoms with Gasteiger partial charge >= 0.3 is 12.1 Å². The van der Waals surface area contributed by atoms with Gasteiger partial charge in [0.05, 0.1) is 13.0 Å². The summed E-state index contributed by atoms with van der Waals surface area (Å²) in [4.78, 5) is 65.3. The summed E-state index contributed by atoms with van der Waals surface area (Å²) in [5.74, 6) is -2.22. The molecular weight excluding hydrogens is 516 g/mol. The predicted molar refractivity (Wildman–Crippen MR) is 152 cm³/mol. The number of primary amides is 1. The van der Waals surface area contributed by atoms with Gasteiger partial charge in [-0.15, -0.1) is 0 Å². The monoisotopic (exact) mass is 560 g/mol. The largest absolute Gasteiger partial charge is 0.466 e. The quantitative estimate of drug-likeness (QED) is 0.278. The molecule has 0 saturated heterocycles. The molecule has 0 bridgehead atoms. The second-order valence-electron chi connectivity index (χ2n) is 10.3. The molecule has 3 unspecified atom stereocenters. The number of ether oxygens (including phenoxy) is 2. The van der Waals surface area contributed by atoms with Gasteiger partial charge in [-0.3, -0.25) is 19.2 Å². The van der Waals surface area contributed by atoms with E-state index in [0.717, 1.165) is 5.56 Å². The van der Waals surface area contributed by atoms with E-state index in [9.17, 15) is 24.0 Å². The molecule has 11 nitrogen and oxygen atoms in total. The number of esters is 1. The van der Waals surface area contributed by atoms with E-state index in [1.807, 2.05) is 6.92 Å². The number of nitrogens with zero attached hydrogens (tertiary/aromatic N) is 1. The third kappa shape index (κ3) is 11.5. The summed E-state index contributed by atoms with van der Waals surface area (Å²) in [7, 11) is 0. The van der Waals surface area contributed by atoms with Crippen molar-refractivity contribution >= 4 is 35.9 Å². The summed E-state index contributed by atoms with van der Waals surface area (Å²) in [5, 5.41) is 5.30. The Balaban J connectivity index is 3.53. The van der Waals surface area contributed by atoms with Crippen LogP contribution >= 0.6 is 0 Å². The maximum atomic E-state index is 14.1. The standard InChI is InChI=1S/C29H44N4O7/c1-8-19(4)33(27(37)22(14-15-23(30)34)32-28(38)40-29(5,6)7)25(21-13-11-12-20(9-2)18-21)26(36)31-17-16-24(35)39-10-3/h9,11-13,18-19,22,25H,2,8,10,14-17H2,1,3-7H3,(H2,30,34)(H,31,36)(H,32,38). The average molecular weight is 561 g/mol. The predicted octanol–water partition coefficient (Wildman–Crippen LogP) is 3.23. The van der Waals surface area contributed by atoms with Crippen molar-refractivity contribution in [1.29, 1.82) is 0 Å². The van der Waals surface area contributed by atoms with Crippen molar-refractivity contribution in [2.75, 3.05) is 13.2 Å². The van der Waals surface area contributed by atoms with Gasteiger partial charge in [-0.1, -0.05) is 37.8 Å². The summed E-state index contributed by atoms with van der Waals surface area (Å²) < 4.78 is 10.3. The molecule has 0 aliphatic rings. The molecular formula is C29H44N4O7. The minimum Gasteiger partial charge on any atom is -0.466 e. The van der Waals surface area contributed by atoms with Gasteiger partial charge in [-0.05, 0) is 64.7 Å². The lowest BCUT2D eigenvalue weighted by atomic mass is 9.97. The molecule has 0 fully saturated rings. The van der Waals surface area contributed by atoms with Crippen molar-refractivity contribution in [2.24, 2.45) is 5.73 Å². The van der Waals surface area contributed by atoms with E-state index >= 15 is 0 Å². The molecule has 1 aromatic carbocycles. The zero-order chi connectivity index (χ0) is 30.5. The van der Waals surface area contributed by atoms with Crippen LogP contribution in [0.5, 0.6) is 0 Å². The molecule has 0 heterocycles. The van der Waals surface area contributed by atoms with E-state index in [0.29, 0.717) is 12.0 Å². The number of rotatable bonds is 15. The highest BCUT2D eigenvalue weighted by molar-refractivity contribution is 5.93. The topological polar surface area (TPSA) is 157 Å². The lowest BCUT2D eigenvalue weighted by Gasteiger charge is -2.38. The van der Waals surface area contributed by atoms with Crippen LogP contribution in [0, 0.1) is 0 Å². The number of hydrogen-bond acceptors (Lipinski definition) is 7. The molecule has 0 saturated carbocycles. The number of nitrogens with one attached hydrogen (secondary N) is 2. The van der Waals surface area contributed by atoms with Crippen LogP contribution in [0.25, 0.3) is 6.08 Å². The molecule has 1 aromatic rings. The number of benzene rings is 1. The summed E-state index contributed by atoms with van der Waals surface area (Å²) in [6, 6.07) is 4.22. The molecule has 40 heavy (non-hydrogen) atoms. The third-order valence-corrected chi connectivity index (χ3v) is 5.91. The molecule has 0 radical (unpaired) electrons. The van der Waals surface area contributed by atoms with Crippen molar-refractivity contribution in [3.8, 4) is 0 Å². The van der Waals surface area contributed by atoms with Crippen molar-refractivity contribution < 1.29 is 33.4 Å². The van der Waals surface area contributed by atoms with Crippen LogP contribution in [-0.4, -0.2) is 65.5 Å². The smallest absolute Gasteiger partial charge is 0.408 e. The first-order valence-corrected chi connectivity index (χ1v) is 13.5. The highest BCUT2D eigenvalue weighted by Crippen LogP contribution is 2.28. The molecule has 3 atom stereocenters. The van der Waals surface area contributed by atoms with Crippen LogP contribution in [0.15, 0.2) is 30.8 Å². The second-order valence-corrected chi connectivity index (χ2v) is 10.3. The van der Waals surface area contributed by atoms with E-state index in [2.05, 4.69) is 17.2 Å². The fourth-order valence-corrected chi connectivity index (χ4v) is 3.88. The molecule has 0 aromatic heterocycles. The number of alkyl carbamates (subject to hydrolysis) is 1. The number of amides is 4. The van der Waals surface area contributed by atoms with Gasteiger partial charge in [0.2, 0.25) is 17.7 Å². The number of hydrogen-bond donors (Lipinski definition) is 3. The van der Waals surface area contributed by atoms with Crippen LogP contribution < -0.4 is 16.4 Å². The molecule has 222 valence electrons. The van der Waals surface area contributed by atoms with Crippen molar-refractivity contribution in [1.82, 2.24) is 15.5 Å². The maximum Gasteiger partial charge on any atom is 0.408 e. The average Bonchev–Trinajstić information content (AvgIpc) is 2.87. The van der Waals surface area contributed by atoms with E-state index < -0.39 is 53.5 Å². The van der Waals surface area contributed by atoms with Crippen molar-refractivity contribution in [3.05, 3.63) is 42.0 Å². The Kier molecular flexibility index (Phi) is 13.9. The van der Waals surface area contributed by atoms with Crippen LogP contribution in [-0.2, 0) is 28.7 Å². The van der Waals surface area contributed by atoms with Gasteiger partial charge in [0, 0.05) is 19.0 Å². The fourth-order valence-electron chi connectivity index (χ4n) is 3.88. The lowest BCUT2D eigenvalue weighted by molar-refractivity contribution is -0.146. The minimum absolute atomic E-state index is 0.000878. The van der Waals surface area contributed by atoms with Gasteiger partial charge in [0.25, 0.3) is 0 Å². The Morgan fingerprint density at radius 1 is 1.12 bits per heavy atom. The Bertz CT molecular complexity index is 1050. The first-order chi connectivity index (χ1) is 18.7. The van der Waals surface area contributed by atoms with Crippen molar-refractivity contribution in [2.45, 2.75) is 91.0 Å². The normalized spacial score (nSPS) is 13.2. The molecule has 4 amide bonds. The van der Waals surface area contributed by atoms with E-state index in [-0.39, 0.29) is 32.4 Å². The summed E-state index contributed by atoms with van der Waals surface area (Å²) in [5.41, 5.74) is 5.76. The molecule has 0 aliphatic heterocycles. The summed E-state index contributed by atoms with van der Waals surface area (Å²) >= 11 is 0. The minimum atomic E-state index is -1.20. The second kappa shape index (κ2) is 16.3. The maximum absolute atomic E-state index is 14.1. The van der Waals surface area contributed by atoms with Crippen molar-refractivity contribution in [3.63, 3.8) is 0 Å². The van der Waals surface area contributed by atoms with E-state index in [1.165, 1.54) is 4.90 Å². The molecule has 1 rings (SSSR count). The highest BCUT2D eigenvalue weighted by Gasteiger charge is 2.38. The van der Waals surface area contributed by atoms with Crippen LogP contribution in [0.2, 0.25) is 0 Å². The zero-order valence-corrected chi connectivity index (χ0v) is 24.5. The Morgan fingerprint density at radius 3 is 2.35 bits per heavy atom. The third-order valence-electron chi connectivity index (χ3n) is 5.91. The fraction of sp³-hybridized carbons (Fsp3) is 0.552. The summed E-state index contributed by atoms with van der Waals surface area (Å²) in [6.07, 6.45) is 0.941. The molecule has 11 heteroatoms. The SMILES string of the molecule is C=Cc1cccc(C(C(=O)NCCC(=O)OCC)N(C(=O)C(CCC(N)=O)NC(=O)OC(C)(C)C)C(C)CC)c1. The van der Waals surface area contributed by atoms with Gasteiger partial charge in [-0.2, -0.15) is 0 Å².